The molecular formula is C22H20ClFN2O3. The number of carbonyl (C=O) groups is 1. The molecule has 2 aromatic heterocycles. The summed E-state index contributed by atoms with van der Waals surface area (Å²) in [6.45, 7) is 2.96. The van der Waals surface area contributed by atoms with Gasteiger partial charge in [-0.05, 0) is 53.4 Å². The first kappa shape index (κ1) is 18.5. The summed E-state index contributed by atoms with van der Waals surface area (Å²) in [6.07, 6.45) is 2.96. The van der Waals surface area contributed by atoms with E-state index in [1.807, 2.05) is 17.0 Å². The third-order valence-electron chi connectivity index (χ3n) is 5.97. The van der Waals surface area contributed by atoms with Gasteiger partial charge in [0, 0.05) is 25.6 Å². The standard InChI is InChI=1S/C22H20ClFN2O3/c23-20-5-4-18(29-20)11-25-9-16-10-26(22(27)15-6-7-28-13-15)21(19(16)12-25)14-2-1-3-17(24)8-14/h1-8,13,16,19,21H,9-12H2/t16-,19-,21+/m0/s1. The van der Waals surface area contributed by atoms with Crippen LogP contribution in [0.1, 0.15) is 27.7 Å². The monoisotopic (exact) mass is 414 g/mol. The Hall–Kier alpha value is -2.57. The number of hydrogen-bond acceptors (Lipinski definition) is 4. The summed E-state index contributed by atoms with van der Waals surface area (Å²) in [7, 11) is 0. The minimum Gasteiger partial charge on any atom is -0.472 e. The summed E-state index contributed by atoms with van der Waals surface area (Å²) in [4.78, 5) is 17.3. The number of halogens is 2. The van der Waals surface area contributed by atoms with Crippen molar-refractivity contribution in [2.75, 3.05) is 19.6 Å². The van der Waals surface area contributed by atoms with Crippen molar-refractivity contribution >= 4 is 17.5 Å². The molecule has 29 heavy (non-hydrogen) atoms. The molecule has 0 saturated carbocycles. The normalized spacial score (nSPS) is 24.2. The number of furan rings is 2. The van der Waals surface area contributed by atoms with Crippen LogP contribution in [0.4, 0.5) is 4.39 Å². The molecule has 2 aliphatic heterocycles. The van der Waals surface area contributed by atoms with Crippen LogP contribution >= 0.6 is 11.6 Å². The lowest BCUT2D eigenvalue weighted by molar-refractivity contribution is 0.0697. The van der Waals surface area contributed by atoms with Crippen LogP contribution in [-0.2, 0) is 6.54 Å². The fourth-order valence-corrected chi connectivity index (χ4v) is 4.96. The molecule has 2 saturated heterocycles. The van der Waals surface area contributed by atoms with Crippen LogP contribution in [0, 0.1) is 17.7 Å². The zero-order valence-electron chi connectivity index (χ0n) is 15.6. The predicted molar refractivity (Wildman–Crippen MR) is 105 cm³/mol. The fourth-order valence-electron chi connectivity index (χ4n) is 4.80. The van der Waals surface area contributed by atoms with Crippen LogP contribution in [0.15, 0.2) is 63.8 Å². The average Bonchev–Trinajstić information content (AvgIpc) is 3.46. The van der Waals surface area contributed by atoms with E-state index in [-0.39, 0.29) is 23.7 Å². The summed E-state index contributed by atoms with van der Waals surface area (Å²) in [6, 6.07) is 11.7. The van der Waals surface area contributed by atoms with Gasteiger partial charge in [-0.3, -0.25) is 9.69 Å². The lowest BCUT2D eigenvalue weighted by Crippen LogP contribution is -2.35. The molecule has 150 valence electrons. The molecule has 3 atom stereocenters. The van der Waals surface area contributed by atoms with Crippen molar-refractivity contribution in [3.63, 3.8) is 0 Å². The van der Waals surface area contributed by atoms with Crippen LogP contribution in [0.3, 0.4) is 0 Å². The zero-order chi connectivity index (χ0) is 20.0. The molecule has 5 nitrogen and oxygen atoms in total. The second-order valence-corrected chi connectivity index (χ2v) is 8.17. The van der Waals surface area contributed by atoms with Crippen molar-refractivity contribution in [1.82, 2.24) is 9.80 Å². The van der Waals surface area contributed by atoms with Gasteiger partial charge in [0.05, 0.1) is 24.4 Å². The molecule has 0 radical (unpaired) electrons. The number of amides is 1. The third kappa shape index (κ3) is 3.47. The molecule has 0 bridgehead atoms. The Bertz CT molecular complexity index is 1020. The maximum absolute atomic E-state index is 14.0. The number of carbonyl (C=O) groups excluding carboxylic acids is 1. The number of likely N-dealkylation sites (tertiary alicyclic amines) is 2. The van der Waals surface area contributed by atoms with Crippen LogP contribution in [-0.4, -0.2) is 35.3 Å². The topological polar surface area (TPSA) is 49.8 Å². The molecule has 2 fully saturated rings. The molecule has 3 aromatic rings. The van der Waals surface area contributed by atoms with E-state index in [1.54, 1.807) is 18.2 Å². The van der Waals surface area contributed by atoms with Gasteiger partial charge in [-0.15, -0.1) is 0 Å². The van der Waals surface area contributed by atoms with E-state index in [0.717, 1.165) is 24.4 Å². The highest BCUT2D eigenvalue weighted by molar-refractivity contribution is 6.28. The highest BCUT2D eigenvalue weighted by Gasteiger charge is 2.49. The van der Waals surface area contributed by atoms with E-state index >= 15 is 0 Å². The van der Waals surface area contributed by atoms with Crippen molar-refractivity contribution in [3.8, 4) is 0 Å². The summed E-state index contributed by atoms with van der Waals surface area (Å²) < 4.78 is 24.6. The molecular weight excluding hydrogens is 395 g/mol. The highest BCUT2D eigenvalue weighted by atomic mass is 35.5. The van der Waals surface area contributed by atoms with Gasteiger partial charge in [-0.25, -0.2) is 4.39 Å². The minimum absolute atomic E-state index is 0.0771. The summed E-state index contributed by atoms with van der Waals surface area (Å²) in [5, 5.41) is 0.383. The summed E-state index contributed by atoms with van der Waals surface area (Å²) in [5.74, 6) is 0.986. The molecule has 7 heteroatoms. The second-order valence-electron chi connectivity index (χ2n) is 7.79. The van der Waals surface area contributed by atoms with E-state index in [0.29, 0.717) is 29.8 Å². The summed E-state index contributed by atoms with van der Waals surface area (Å²) in [5.41, 5.74) is 1.35. The summed E-state index contributed by atoms with van der Waals surface area (Å²) >= 11 is 5.89. The van der Waals surface area contributed by atoms with Gasteiger partial charge in [0.25, 0.3) is 5.91 Å². The largest absolute Gasteiger partial charge is 0.472 e. The third-order valence-corrected chi connectivity index (χ3v) is 6.17. The maximum atomic E-state index is 14.0. The SMILES string of the molecule is O=C(c1ccoc1)N1C[C@@H]2CN(Cc3ccc(Cl)o3)C[C@@H]2[C@H]1c1cccc(F)c1. The van der Waals surface area contributed by atoms with Gasteiger partial charge >= 0.3 is 0 Å². The Morgan fingerprint density at radius 3 is 2.79 bits per heavy atom. The second kappa shape index (κ2) is 7.35. The van der Waals surface area contributed by atoms with Crippen LogP contribution in [0.2, 0.25) is 5.22 Å². The van der Waals surface area contributed by atoms with E-state index in [4.69, 9.17) is 20.4 Å². The van der Waals surface area contributed by atoms with Crippen molar-refractivity contribution in [2.24, 2.45) is 11.8 Å². The molecule has 5 rings (SSSR count). The molecule has 2 aliphatic rings. The van der Waals surface area contributed by atoms with Gasteiger partial charge in [0.2, 0.25) is 0 Å². The van der Waals surface area contributed by atoms with Crippen molar-refractivity contribution in [1.29, 1.82) is 0 Å². The van der Waals surface area contributed by atoms with Crippen LogP contribution < -0.4 is 0 Å². The molecule has 1 amide bonds. The fraction of sp³-hybridized carbons (Fsp3) is 0.318. The van der Waals surface area contributed by atoms with Gasteiger partial charge in [-0.1, -0.05) is 12.1 Å². The number of fused-ring (bicyclic) bond motifs is 1. The maximum Gasteiger partial charge on any atom is 0.257 e. The van der Waals surface area contributed by atoms with E-state index in [9.17, 15) is 9.18 Å². The molecule has 0 unspecified atom stereocenters. The van der Waals surface area contributed by atoms with Crippen LogP contribution in [0.5, 0.6) is 0 Å². The Morgan fingerprint density at radius 2 is 2.07 bits per heavy atom. The Labute approximate surface area is 172 Å². The number of hydrogen-bond donors (Lipinski definition) is 0. The first-order valence-corrected chi connectivity index (χ1v) is 10.0. The lowest BCUT2D eigenvalue weighted by atomic mass is 9.89. The quantitative estimate of drug-likeness (QED) is 0.625. The predicted octanol–water partition coefficient (Wildman–Crippen LogP) is 4.61. The highest BCUT2D eigenvalue weighted by Crippen LogP contribution is 2.46. The van der Waals surface area contributed by atoms with Crippen molar-refractivity contribution in [2.45, 2.75) is 12.6 Å². The van der Waals surface area contributed by atoms with Gasteiger partial charge in [0.15, 0.2) is 5.22 Å². The average molecular weight is 415 g/mol. The van der Waals surface area contributed by atoms with Crippen molar-refractivity contribution < 1.29 is 18.0 Å². The van der Waals surface area contributed by atoms with Gasteiger partial charge < -0.3 is 13.7 Å². The van der Waals surface area contributed by atoms with Crippen LogP contribution in [0.25, 0.3) is 0 Å². The Balaban J connectivity index is 1.42. The first-order valence-electron chi connectivity index (χ1n) is 9.63. The zero-order valence-corrected chi connectivity index (χ0v) is 16.4. The molecule has 0 spiro atoms. The van der Waals surface area contributed by atoms with E-state index in [2.05, 4.69) is 4.90 Å². The number of rotatable bonds is 4. The Morgan fingerprint density at radius 1 is 1.17 bits per heavy atom. The smallest absolute Gasteiger partial charge is 0.257 e. The molecule has 1 aromatic carbocycles. The minimum atomic E-state index is -0.290. The van der Waals surface area contributed by atoms with Crippen molar-refractivity contribution in [3.05, 3.63) is 82.9 Å². The Kier molecular flexibility index (Phi) is 4.68. The van der Waals surface area contributed by atoms with E-state index < -0.39 is 0 Å². The van der Waals surface area contributed by atoms with Gasteiger partial charge in [-0.2, -0.15) is 0 Å². The van der Waals surface area contributed by atoms with E-state index in [1.165, 1.54) is 24.7 Å². The number of nitrogens with zero attached hydrogens (tertiary/aromatic N) is 2. The molecule has 0 N–H and O–H groups in total. The molecule has 0 aliphatic carbocycles. The number of benzene rings is 1. The first-order chi connectivity index (χ1) is 14.1. The molecule has 4 heterocycles. The van der Waals surface area contributed by atoms with Gasteiger partial charge in [0.1, 0.15) is 17.8 Å². The lowest BCUT2D eigenvalue weighted by Gasteiger charge is -2.29.